The number of nitrogens with one attached hydrogen (secondary N) is 2. The van der Waals surface area contributed by atoms with Crippen LogP contribution in [0.2, 0.25) is 0 Å². The Hall–Kier alpha value is -3.28. The molecule has 0 spiro atoms. The lowest BCUT2D eigenvalue weighted by molar-refractivity contribution is 0.102. The van der Waals surface area contributed by atoms with Gasteiger partial charge in [0.2, 0.25) is 0 Å². The van der Waals surface area contributed by atoms with Crippen molar-refractivity contribution in [1.29, 1.82) is 0 Å². The molecule has 0 aliphatic carbocycles. The zero-order valence-corrected chi connectivity index (χ0v) is 12.0. The van der Waals surface area contributed by atoms with Crippen molar-refractivity contribution >= 4 is 23.1 Å². The topological polar surface area (TPSA) is 66.9 Å². The van der Waals surface area contributed by atoms with Crippen molar-refractivity contribution in [3.63, 3.8) is 0 Å². The van der Waals surface area contributed by atoms with Gasteiger partial charge in [0.1, 0.15) is 5.82 Å². The predicted molar refractivity (Wildman–Crippen MR) is 86.1 cm³/mol. The van der Waals surface area contributed by atoms with E-state index in [1.807, 2.05) is 30.3 Å². The Morgan fingerprint density at radius 2 is 1.57 bits per heavy atom. The fourth-order valence-corrected chi connectivity index (χ4v) is 1.92. The number of amides is 1. The van der Waals surface area contributed by atoms with E-state index in [1.165, 1.54) is 24.3 Å². The van der Waals surface area contributed by atoms with Crippen molar-refractivity contribution in [2.75, 3.05) is 10.6 Å². The maximum atomic E-state index is 12.8. The number of halogens is 1. The molecule has 3 rings (SSSR count). The second kappa shape index (κ2) is 6.65. The third kappa shape index (κ3) is 3.88. The predicted octanol–water partition coefficient (Wildman–Crippen LogP) is 3.61. The molecule has 3 aromatic rings. The lowest BCUT2D eigenvalue weighted by Crippen LogP contribution is -2.14. The molecule has 0 aliphatic heterocycles. The van der Waals surface area contributed by atoms with Crippen molar-refractivity contribution in [1.82, 2.24) is 10.2 Å². The molecule has 0 atom stereocenters. The van der Waals surface area contributed by atoms with Gasteiger partial charge in [-0.3, -0.25) is 4.79 Å². The normalized spacial score (nSPS) is 10.1. The monoisotopic (exact) mass is 308 g/mol. The summed E-state index contributed by atoms with van der Waals surface area (Å²) >= 11 is 0. The molecular formula is C17H13FN4O. The first-order chi connectivity index (χ1) is 11.2. The molecule has 23 heavy (non-hydrogen) atoms. The van der Waals surface area contributed by atoms with Crippen LogP contribution < -0.4 is 10.6 Å². The summed E-state index contributed by atoms with van der Waals surface area (Å²) in [6, 6.07) is 18.3. The fourth-order valence-electron chi connectivity index (χ4n) is 1.92. The molecule has 2 N–H and O–H groups in total. The molecule has 1 amide bonds. The highest BCUT2D eigenvalue weighted by Crippen LogP contribution is 2.14. The number of rotatable bonds is 4. The van der Waals surface area contributed by atoms with Crippen LogP contribution in [0.4, 0.5) is 21.6 Å². The van der Waals surface area contributed by atoms with Crippen molar-refractivity contribution in [2.24, 2.45) is 0 Å². The van der Waals surface area contributed by atoms with Gasteiger partial charge in [-0.1, -0.05) is 18.2 Å². The SMILES string of the molecule is O=C(Nc1ccc(F)cc1)c1ccc(Nc2ccccc2)nn1. The van der Waals surface area contributed by atoms with Gasteiger partial charge in [-0.25, -0.2) is 4.39 Å². The molecule has 0 bridgehead atoms. The Balaban J connectivity index is 1.66. The van der Waals surface area contributed by atoms with Crippen LogP contribution in [-0.2, 0) is 0 Å². The molecule has 0 aliphatic rings. The Labute approximate surface area is 132 Å². The number of carbonyl (C=O) groups excluding carboxylic acids is 1. The van der Waals surface area contributed by atoms with Gasteiger partial charge in [0.25, 0.3) is 5.91 Å². The van der Waals surface area contributed by atoms with E-state index in [0.717, 1.165) is 5.69 Å². The minimum Gasteiger partial charge on any atom is -0.339 e. The van der Waals surface area contributed by atoms with E-state index in [4.69, 9.17) is 0 Å². The smallest absolute Gasteiger partial charge is 0.276 e. The van der Waals surface area contributed by atoms with E-state index < -0.39 is 5.91 Å². The van der Waals surface area contributed by atoms with Crippen LogP contribution in [0, 0.1) is 5.82 Å². The van der Waals surface area contributed by atoms with Gasteiger partial charge < -0.3 is 10.6 Å². The summed E-state index contributed by atoms with van der Waals surface area (Å²) in [5.41, 5.74) is 1.54. The summed E-state index contributed by atoms with van der Waals surface area (Å²) in [6.07, 6.45) is 0. The number of hydrogen-bond donors (Lipinski definition) is 2. The number of benzene rings is 2. The van der Waals surface area contributed by atoms with Gasteiger partial charge in [-0.05, 0) is 48.5 Å². The Kier molecular flexibility index (Phi) is 4.24. The third-order valence-electron chi connectivity index (χ3n) is 3.05. The van der Waals surface area contributed by atoms with Gasteiger partial charge >= 0.3 is 0 Å². The van der Waals surface area contributed by atoms with E-state index in [9.17, 15) is 9.18 Å². The molecule has 114 valence electrons. The lowest BCUT2D eigenvalue weighted by atomic mass is 10.3. The maximum Gasteiger partial charge on any atom is 0.276 e. The zero-order valence-electron chi connectivity index (χ0n) is 12.0. The zero-order chi connectivity index (χ0) is 16.1. The molecule has 6 heteroatoms. The van der Waals surface area contributed by atoms with Crippen LogP contribution in [0.3, 0.4) is 0 Å². The number of hydrogen-bond acceptors (Lipinski definition) is 4. The van der Waals surface area contributed by atoms with Crippen molar-refractivity contribution < 1.29 is 9.18 Å². The Morgan fingerprint density at radius 3 is 2.22 bits per heavy atom. The van der Waals surface area contributed by atoms with Crippen molar-refractivity contribution in [3.8, 4) is 0 Å². The first-order valence-electron chi connectivity index (χ1n) is 6.93. The van der Waals surface area contributed by atoms with E-state index >= 15 is 0 Å². The third-order valence-corrected chi connectivity index (χ3v) is 3.05. The minimum atomic E-state index is -0.407. The van der Waals surface area contributed by atoms with Crippen LogP contribution in [-0.4, -0.2) is 16.1 Å². The average molecular weight is 308 g/mol. The first kappa shape index (κ1) is 14.6. The highest BCUT2D eigenvalue weighted by atomic mass is 19.1. The van der Waals surface area contributed by atoms with Crippen LogP contribution >= 0.6 is 0 Å². The van der Waals surface area contributed by atoms with Crippen LogP contribution in [0.5, 0.6) is 0 Å². The first-order valence-corrected chi connectivity index (χ1v) is 6.93. The molecule has 0 unspecified atom stereocenters. The summed E-state index contributed by atoms with van der Waals surface area (Å²) in [5, 5.41) is 13.6. The van der Waals surface area contributed by atoms with E-state index in [-0.39, 0.29) is 11.5 Å². The molecule has 1 aromatic heterocycles. The standard InChI is InChI=1S/C17H13FN4O/c18-12-6-8-14(9-7-12)20-17(23)15-10-11-16(22-21-15)19-13-4-2-1-3-5-13/h1-11H,(H,19,22)(H,20,23). The number of nitrogens with zero attached hydrogens (tertiary/aromatic N) is 2. The molecular weight excluding hydrogens is 295 g/mol. The summed E-state index contributed by atoms with van der Waals surface area (Å²) in [4.78, 5) is 12.0. The Bertz CT molecular complexity index is 789. The molecule has 1 heterocycles. The lowest BCUT2D eigenvalue weighted by Gasteiger charge is -2.06. The molecule has 0 saturated heterocycles. The van der Waals surface area contributed by atoms with Crippen LogP contribution in [0.25, 0.3) is 0 Å². The molecule has 0 saturated carbocycles. The molecule has 0 radical (unpaired) electrons. The van der Waals surface area contributed by atoms with Gasteiger partial charge in [-0.2, -0.15) is 0 Å². The summed E-state index contributed by atoms with van der Waals surface area (Å²) < 4.78 is 12.8. The van der Waals surface area contributed by atoms with Gasteiger partial charge in [-0.15, -0.1) is 10.2 Å². The molecule has 0 fully saturated rings. The van der Waals surface area contributed by atoms with Crippen molar-refractivity contribution in [2.45, 2.75) is 0 Å². The quantitative estimate of drug-likeness (QED) is 0.772. The van der Waals surface area contributed by atoms with Crippen molar-refractivity contribution in [3.05, 3.63) is 78.2 Å². The minimum absolute atomic E-state index is 0.174. The maximum absolute atomic E-state index is 12.8. The average Bonchev–Trinajstić information content (AvgIpc) is 2.58. The Morgan fingerprint density at radius 1 is 0.826 bits per heavy atom. The largest absolute Gasteiger partial charge is 0.339 e. The highest BCUT2D eigenvalue weighted by Gasteiger charge is 2.09. The summed E-state index contributed by atoms with van der Waals surface area (Å²) in [7, 11) is 0. The van der Waals surface area contributed by atoms with Crippen LogP contribution in [0.15, 0.2) is 66.7 Å². The summed E-state index contributed by atoms with van der Waals surface area (Å²) in [6.45, 7) is 0. The number of anilines is 3. The fraction of sp³-hybridized carbons (Fsp3) is 0. The van der Waals surface area contributed by atoms with Gasteiger partial charge in [0.05, 0.1) is 0 Å². The molecule has 5 nitrogen and oxygen atoms in total. The number of carbonyl (C=O) groups is 1. The second-order valence-corrected chi connectivity index (χ2v) is 4.76. The molecule has 2 aromatic carbocycles. The van der Waals surface area contributed by atoms with E-state index in [2.05, 4.69) is 20.8 Å². The second-order valence-electron chi connectivity index (χ2n) is 4.76. The van der Waals surface area contributed by atoms with E-state index in [1.54, 1.807) is 12.1 Å². The van der Waals surface area contributed by atoms with Gasteiger partial charge in [0.15, 0.2) is 11.5 Å². The van der Waals surface area contributed by atoms with E-state index in [0.29, 0.717) is 11.5 Å². The highest BCUT2D eigenvalue weighted by molar-refractivity contribution is 6.02. The van der Waals surface area contributed by atoms with Crippen LogP contribution in [0.1, 0.15) is 10.5 Å². The summed E-state index contributed by atoms with van der Waals surface area (Å²) in [5.74, 6) is -0.232. The number of aromatic nitrogens is 2. The van der Waals surface area contributed by atoms with Gasteiger partial charge in [0, 0.05) is 11.4 Å². The number of para-hydroxylation sites is 1.